The average Bonchev–Trinajstić information content (AvgIpc) is 2.89. The summed E-state index contributed by atoms with van der Waals surface area (Å²) in [4.78, 5) is 20.0. The Hall–Kier alpha value is -1.39. The van der Waals surface area contributed by atoms with Gasteiger partial charge in [-0.2, -0.15) is 0 Å². The lowest BCUT2D eigenvalue weighted by molar-refractivity contribution is 0.0701. The van der Waals surface area contributed by atoms with Crippen LogP contribution in [0.15, 0.2) is 24.3 Å². The summed E-state index contributed by atoms with van der Waals surface area (Å²) in [5, 5.41) is 1.49. The molecule has 1 aliphatic rings. The minimum atomic E-state index is 0.111. The minimum absolute atomic E-state index is 0.111. The third-order valence-electron chi connectivity index (χ3n) is 4.17. The highest BCUT2D eigenvalue weighted by atomic mass is 35.5. The first-order valence-corrected chi connectivity index (χ1v) is 8.77. The number of rotatable bonds is 2. The van der Waals surface area contributed by atoms with Gasteiger partial charge in [-0.25, -0.2) is 4.98 Å². The van der Waals surface area contributed by atoms with E-state index < -0.39 is 0 Å². The second-order valence-corrected chi connectivity index (χ2v) is 7.29. The Morgan fingerprint density at radius 2 is 2.00 bits per heavy atom. The van der Waals surface area contributed by atoms with E-state index in [1.54, 1.807) is 0 Å². The van der Waals surface area contributed by atoms with Crippen molar-refractivity contribution in [2.45, 2.75) is 26.7 Å². The van der Waals surface area contributed by atoms with E-state index in [0.29, 0.717) is 10.9 Å². The summed E-state index contributed by atoms with van der Waals surface area (Å²) in [5.41, 5.74) is 1.69. The maximum atomic E-state index is 12.7. The molecule has 1 aliphatic heterocycles. The van der Waals surface area contributed by atoms with Crippen LogP contribution in [0.4, 0.5) is 0 Å². The fourth-order valence-electron chi connectivity index (χ4n) is 2.70. The molecule has 22 heavy (non-hydrogen) atoms. The zero-order valence-electron chi connectivity index (χ0n) is 12.8. The minimum Gasteiger partial charge on any atom is -0.338 e. The third kappa shape index (κ3) is 3.03. The second-order valence-electron chi connectivity index (χ2n) is 5.89. The Balaban J connectivity index is 1.86. The van der Waals surface area contributed by atoms with Gasteiger partial charge in [-0.05, 0) is 31.7 Å². The molecule has 5 heteroatoms. The van der Waals surface area contributed by atoms with Crippen LogP contribution in [-0.2, 0) is 0 Å². The molecule has 2 heterocycles. The number of thiazole rings is 1. The van der Waals surface area contributed by atoms with Crippen molar-refractivity contribution in [2.75, 3.05) is 13.1 Å². The van der Waals surface area contributed by atoms with E-state index in [0.717, 1.165) is 47.1 Å². The quantitative estimate of drug-likeness (QED) is 0.801. The van der Waals surface area contributed by atoms with Crippen LogP contribution in [0.1, 0.15) is 35.1 Å². The zero-order valence-corrected chi connectivity index (χ0v) is 14.4. The molecule has 1 fully saturated rings. The van der Waals surface area contributed by atoms with Gasteiger partial charge < -0.3 is 4.90 Å². The van der Waals surface area contributed by atoms with E-state index in [9.17, 15) is 4.79 Å². The van der Waals surface area contributed by atoms with Crippen molar-refractivity contribution in [3.63, 3.8) is 0 Å². The maximum Gasteiger partial charge on any atom is 0.265 e. The van der Waals surface area contributed by atoms with E-state index in [2.05, 4.69) is 11.9 Å². The van der Waals surface area contributed by atoms with Crippen LogP contribution in [0.3, 0.4) is 0 Å². The Kier molecular flexibility index (Phi) is 4.50. The van der Waals surface area contributed by atoms with Crippen LogP contribution in [0.25, 0.3) is 10.6 Å². The third-order valence-corrected chi connectivity index (χ3v) is 5.67. The molecule has 0 atom stereocenters. The van der Waals surface area contributed by atoms with Gasteiger partial charge in [0.25, 0.3) is 5.91 Å². The predicted molar refractivity (Wildman–Crippen MR) is 91.6 cm³/mol. The van der Waals surface area contributed by atoms with Crippen molar-refractivity contribution in [3.8, 4) is 10.6 Å². The van der Waals surface area contributed by atoms with Gasteiger partial charge in [0.2, 0.25) is 0 Å². The van der Waals surface area contributed by atoms with Crippen LogP contribution in [0.2, 0.25) is 5.02 Å². The summed E-state index contributed by atoms with van der Waals surface area (Å²) < 4.78 is 0. The highest BCUT2D eigenvalue weighted by Crippen LogP contribution is 2.33. The molecule has 2 aromatic rings. The van der Waals surface area contributed by atoms with E-state index in [1.165, 1.54) is 11.3 Å². The Morgan fingerprint density at radius 3 is 2.68 bits per heavy atom. The number of amides is 1. The number of piperidine rings is 1. The number of aryl methyl sites for hydroxylation is 1. The lowest BCUT2D eigenvalue weighted by Crippen LogP contribution is -2.37. The molecule has 0 N–H and O–H groups in total. The summed E-state index contributed by atoms with van der Waals surface area (Å²) in [5.74, 6) is 0.825. The van der Waals surface area contributed by atoms with E-state index >= 15 is 0 Å². The molecule has 0 unspecified atom stereocenters. The Labute approximate surface area is 139 Å². The van der Waals surface area contributed by atoms with Gasteiger partial charge in [-0.1, -0.05) is 36.7 Å². The fourth-order valence-corrected chi connectivity index (χ4v) is 4.05. The number of carbonyl (C=O) groups excluding carboxylic acids is 1. The molecule has 1 aromatic heterocycles. The fraction of sp³-hybridized carbons (Fsp3) is 0.412. The SMILES string of the molecule is Cc1nc(-c2ccccc2Cl)sc1C(=O)N1CCC(C)CC1. The van der Waals surface area contributed by atoms with Gasteiger partial charge in [0.05, 0.1) is 10.7 Å². The first-order valence-electron chi connectivity index (χ1n) is 7.58. The topological polar surface area (TPSA) is 33.2 Å². The number of likely N-dealkylation sites (tertiary alicyclic amines) is 1. The maximum absolute atomic E-state index is 12.7. The smallest absolute Gasteiger partial charge is 0.265 e. The molecule has 0 spiro atoms. The number of nitrogens with zero attached hydrogens (tertiary/aromatic N) is 2. The van der Waals surface area contributed by atoms with Crippen LogP contribution in [0.5, 0.6) is 0 Å². The molecule has 0 saturated carbocycles. The van der Waals surface area contributed by atoms with Crippen LogP contribution < -0.4 is 0 Å². The molecule has 0 bridgehead atoms. The lowest BCUT2D eigenvalue weighted by atomic mass is 9.99. The Bertz CT molecular complexity index is 690. The molecular formula is C17H19ClN2OS. The largest absolute Gasteiger partial charge is 0.338 e. The standard InChI is InChI=1S/C17H19ClN2OS/c1-11-7-9-20(10-8-11)17(21)15-12(2)19-16(22-15)13-5-3-4-6-14(13)18/h3-6,11H,7-10H2,1-2H3. The van der Waals surface area contributed by atoms with E-state index in [-0.39, 0.29) is 5.91 Å². The molecule has 3 rings (SSSR count). The number of carbonyl (C=O) groups is 1. The summed E-state index contributed by atoms with van der Waals surface area (Å²) >= 11 is 7.68. The molecule has 3 nitrogen and oxygen atoms in total. The molecule has 1 aromatic carbocycles. The monoisotopic (exact) mass is 334 g/mol. The van der Waals surface area contributed by atoms with Crippen LogP contribution in [0, 0.1) is 12.8 Å². The molecular weight excluding hydrogens is 316 g/mol. The van der Waals surface area contributed by atoms with E-state index in [4.69, 9.17) is 11.6 Å². The zero-order chi connectivity index (χ0) is 15.7. The highest BCUT2D eigenvalue weighted by Gasteiger charge is 2.25. The summed E-state index contributed by atoms with van der Waals surface area (Å²) in [6.07, 6.45) is 2.17. The summed E-state index contributed by atoms with van der Waals surface area (Å²) in [6.45, 7) is 5.84. The highest BCUT2D eigenvalue weighted by molar-refractivity contribution is 7.17. The van der Waals surface area contributed by atoms with Crippen LogP contribution >= 0.6 is 22.9 Å². The van der Waals surface area contributed by atoms with Crippen molar-refractivity contribution in [3.05, 3.63) is 39.9 Å². The van der Waals surface area contributed by atoms with Gasteiger partial charge in [0.1, 0.15) is 9.88 Å². The van der Waals surface area contributed by atoms with Crippen molar-refractivity contribution in [2.24, 2.45) is 5.92 Å². The summed E-state index contributed by atoms with van der Waals surface area (Å²) in [7, 11) is 0. The van der Waals surface area contributed by atoms with Gasteiger partial charge in [-0.3, -0.25) is 4.79 Å². The number of aromatic nitrogens is 1. The molecule has 1 amide bonds. The second kappa shape index (κ2) is 6.39. The van der Waals surface area contributed by atoms with Crippen molar-refractivity contribution >= 4 is 28.8 Å². The number of hydrogen-bond donors (Lipinski definition) is 0. The predicted octanol–water partition coefficient (Wildman–Crippen LogP) is 4.64. The van der Waals surface area contributed by atoms with Crippen molar-refractivity contribution in [1.82, 2.24) is 9.88 Å². The van der Waals surface area contributed by atoms with Gasteiger partial charge in [0, 0.05) is 18.7 Å². The van der Waals surface area contributed by atoms with E-state index in [1.807, 2.05) is 36.1 Å². The summed E-state index contributed by atoms with van der Waals surface area (Å²) in [6, 6.07) is 7.62. The van der Waals surface area contributed by atoms with Gasteiger partial charge in [-0.15, -0.1) is 11.3 Å². The molecule has 116 valence electrons. The number of halogens is 1. The number of hydrogen-bond acceptors (Lipinski definition) is 3. The van der Waals surface area contributed by atoms with Gasteiger partial charge >= 0.3 is 0 Å². The normalized spacial score (nSPS) is 16.0. The van der Waals surface area contributed by atoms with Gasteiger partial charge in [0.15, 0.2) is 0 Å². The van der Waals surface area contributed by atoms with Crippen molar-refractivity contribution < 1.29 is 4.79 Å². The average molecular weight is 335 g/mol. The molecule has 0 radical (unpaired) electrons. The Morgan fingerprint density at radius 1 is 1.32 bits per heavy atom. The molecule has 0 aliphatic carbocycles. The lowest BCUT2D eigenvalue weighted by Gasteiger charge is -2.30. The number of benzene rings is 1. The van der Waals surface area contributed by atoms with Crippen molar-refractivity contribution in [1.29, 1.82) is 0 Å². The molecule has 1 saturated heterocycles. The first kappa shape index (κ1) is 15.5. The first-order chi connectivity index (χ1) is 10.6. The van der Waals surface area contributed by atoms with Crippen LogP contribution in [-0.4, -0.2) is 28.9 Å².